The van der Waals surface area contributed by atoms with E-state index < -0.39 is 6.10 Å². The summed E-state index contributed by atoms with van der Waals surface area (Å²) in [5, 5.41) is 13.8. The van der Waals surface area contributed by atoms with Crippen molar-refractivity contribution in [3.8, 4) is 0 Å². The molecule has 1 saturated carbocycles. The molecule has 1 aromatic heterocycles. The normalized spacial score (nSPS) is 25.3. The molecule has 2 aromatic rings. The van der Waals surface area contributed by atoms with E-state index in [2.05, 4.69) is 16.4 Å². The highest BCUT2D eigenvalue weighted by molar-refractivity contribution is 5.83. The zero-order valence-electron chi connectivity index (χ0n) is 11.9. The van der Waals surface area contributed by atoms with Crippen molar-refractivity contribution >= 4 is 16.8 Å². The second-order valence-corrected chi connectivity index (χ2v) is 5.80. The summed E-state index contributed by atoms with van der Waals surface area (Å²) in [6.07, 6.45) is 3.28. The third-order valence-corrected chi connectivity index (χ3v) is 4.32. The Balaban J connectivity index is 1.53. The summed E-state index contributed by atoms with van der Waals surface area (Å²) in [7, 11) is 0. The fraction of sp³-hybridized carbons (Fsp3) is 0.438. The molecule has 1 aliphatic rings. The molecule has 0 radical (unpaired) electrons. The maximum absolute atomic E-state index is 12.0. The molecule has 3 rings (SSSR count). The molecular weight excluding hydrogens is 266 g/mol. The Morgan fingerprint density at radius 2 is 2.19 bits per heavy atom. The molecule has 5 heteroatoms. The number of hydrogen-bond donors (Lipinski definition) is 4. The van der Waals surface area contributed by atoms with Crippen LogP contribution in [-0.4, -0.2) is 34.7 Å². The molecule has 21 heavy (non-hydrogen) atoms. The number of hydrogen-bond acceptors (Lipinski definition) is 3. The molecular formula is C16H21N3O2. The van der Waals surface area contributed by atoms with Crippen LogP contribution >= 0.6 is 0 Å². The van der Waals surface area contributed by atoms with Crippen LogP contribution in [0, 0.1) is 5.92 Å². The number of nitrogens with two attached hydrogens (primary N) is 1. The number of H-pyrrole nitrogens is 1. The number of benzene rings is 1. The van der Waals surface area contributed by atoms with Gasteiger partial charge in [0.15, 0.2) is 0 Å². The van der Waals surface area contributed by atoms with Gasteiger partial charge in [-0.3, -0.25) is 4.79 Å². The zero-order chi connectivity index (χ0) is 14.8. The van der Waals surface area contributed by atoms with Gasteiger partial charge in [0.2, 0.25) is 5.91 Å². The SMILES string of the molecule is N[C@@H]1C[C@H](C(=O)NCCc2c[nH]c3ccccc23)C[C@H]1O. The van der Waals surface area contributed by atoms with E-state index >= 15 is 0 Å². The lowest BCUT2D eigenvalue weighted by molar-refractivity contribution is -0.125. The Morgan fingerprint density at radius 1 is 1.38 bits per heavy atom. The average molecular weight is 287 g/mol. The van der Waals surface area contributed by atoms with Crippen molar-refractivity contribution in [2.24, 2.45) is 11.7 Å². The number of aliphatic hydroxyl groups excluding tert-OH is 1. The number of carbonyl (C=O) groups is 1. The molecule has 0 aliphatic heterocycles. The number of para-hydroxylation sites is 1. The minimum atomic E-state index is -0.547. The summed E-state index contributed by atoms with van der Waals surface area (Å²) in [5.41, 5.74) is 8.06. The quantitative estimate of drug-likeness (QED) is 0.674. The van der Waals surface area contributed by atoms with E-state index in [1.54, 1.807) is 0 Å². The van der Waals surface area contributed by atoms with Gasteiger partial charge in [-0.1, -0.05) is 18.2 Å². The molecule has 0 spiro atoms. The number of rotatable bonds is 4. The lowest BCUT2D eigenvalue weighted by atomic mass is 10.1. The van der Waals surface area contributed by atoms with Gasteiger partial charge in [-0.15, -0.1) is 0 Å². The van der Waals surface area contributed by atoms with Crippen LogP contribution in [0.25, 0.3) is 10.9 Å². The van der Waals surface area contributed by atoms with Crippen molar-refractivity contribution in [3.05, 3.63) is 36.0 Å². The summed E-state index contributed by atoms with van der Waals surface area (Å²) in [5.74, 6) is -0.153. The molecule has 1 heterocycles. The fourth-order valence-corrected chi connectivity index (χ4v) is 3.07. The van der Waals surface area contributed by atoms with E-state index in [-0.39, 0.29) is 17.9 Å². The minimum Gasteiger partial charge on any atom is -0.391 e. The highest BCUT2D eigenvalue weighted by atomic mass is 16.3. The van der Waals surface area contributed by atoms with Crippen LogP contribution in [0.15, 0.2) is 30.5 Å². The number of fused-ring (bicyclic) bond motifs is 1. The van der Waals surface area contributed by atoms with E-state index in [0.29, 0.717) is 19.4 Å². The van der Waals surface area contributed by atoms with Gasteiger partial charge in [0, 0.05) is 35.6 Å². The number of aromatic amines is 1. The smallest absolute Gasteiger partial charge is 0.223 e. The molecule has 1 aromatic carbocycles. The van der Waals surface area contributed by atoms with E-state index in [9.17, 15) is 9.90 Å². The second kappa shape index (κ2) is 5.87. The molecule has 5 N–H and O–H groups in total. The van der Waals surface area contributed by atoms with Crippen LogP contribution < -0.4 is 11.1 Å². The van der Waals surface area contributed by atoms with Gasteiger partial charge >= 0.3 is 0 Å². The Bertz CT molecular complexity index is 627. The van der Waals surface area contributed by atoms with E-state index in [4.69, 9.17) is 5.73 Å². The molecule has 0 bridgehead atoms. The summed E-state index contributed by atoms with van der Waals surface area (Å²) < 4.78 is 0. The van der Waals surface area contributed by atoms with Crippen molar-refractivity contribution in [1.29, 1.82) is 0 Å². The summed E-state index contributed by atoms with van der Waals surface area (Å²) in [6, 6.07) is 7.86. The first-order valence-electron chi connectivity index (χ1n) is 7.41. The molecule has 0 saturated heterocycles. The monoisotopic (exact) mass is 287 g/mol. The first kappa shape index (κ1) is 14.1. The predicted molar refractivity (Wildman–Crippen MR) is 81.7 cm³/mol. The maximum atomic E-state index is 12.0. The van der Waals surface area contributed by atoms with Crippen LogP contribution in [0.5, 0.6) is 0 Å². The van der Waals surface area contributed by atoms with Crippen LogP contribution in [0.2, 0.25) is 0 Å². The number of nitrogens with one attached hydrogen (secondary N) is 2. The van der Waals surface area contributed by atoms with Crippen LogP contribution in [0.1, 0.15) is 18.4 Å². The molecule has 5 nitrogen and oxygen atoms in total. The molecule has 1 amide bonds. The Hall–Kier alpha value is -1.85. The largest absolute Gasteiger partial charge is 0.391 e. The number of carbonyl (C=O) groups excluding carboxylic acids is 1. The van der Waals surface area contributed by atoms with Crippen LogP contribution in [-0.2, 0) is 11.2 Å². The van der Waals surface area contributed by atoms with Gasteiger partial charge in [0.05, 0.1) is 6.10 Å². The van der Waals surface area contributed by atoms with Gasteiger partial charge in [0.1, 0.15) is 0 Å². The summed E-state index contributed by atoms with van der Waals surface area (Å²) in [6.45, 7) is 0.600. The maximum Gasteiger partial charge on any atom is 0.223 e. The number of aliphatic hydroxyl groups is 1. The fourth-order valence-electron chi connectivity index (χ4n) is 3.07. The minimum absolute atomic E-state index is 0.00170. The Labute approximate surface area is 123 Å². The zero-order valence-corrected chi connectivity index (χ0v) is 11.9. The second-order valence-electron chi connectivity index (χ2n) is 5.80. The van der Waals surface area contributed by atoms with Crippen LogP contribution in [0.3, 0.4) is 0 Å². The summed E-state index contributed by atoms with van der Waals surface area (Å²) in [4.78, 5) is 15.3. The van der Waals surface area contributed by atoms with Crippen LogP contribution in [0.4, 0.5) is 0 Å². The first-order chi connectivity index (χ1) is 10.1. The highest BCUT2D eigenvalue weighted by Crippen LogP contribution is 2.24. The van der Waals surface area contributed by atoms with Crippen molar-refractivity contribution in [2.75, 3.05) is 6.54 Å². The number of amides is 1. The van der Waals surface area contributed by atoms with Gasteiger partial charge in [-0.25, -0.2) is 0 Å². The average Bonchev–Trinajstić information content (AvgIpc) is 3.04. The molecule has 1 fully saturated rings. The molecule has 3 atom stereocenters. The highest BCUT2D eigenvalue weighted by Gasteiger charge is 2.34. The topological polar surface area (TPSA) is 91.1 Å². The molecule has 112 valence electrons. The van der Waals surface area contributed by atoms with Gasteiger partial charge < -0.3 is 21.1 Å². The van der Waals surface area contributed by atoms with Gasteiger partial charge in [0.25, 0.3) is 0 Å². The lowest BCUT2D eigenvalue weighted by Gasteiger charge is -2.10. The third kappa shape index (κ3) is 2.94. The van der Waals surface area contributed by atoms with E-state index in [0.717, 1.165) is 11.9 Å². The van der Waals surface area contributed by atoms with E-state index in [1.807, 2.05) is 24.4 Å². The molecule has 0 unspecified atom stereocenters. The molecule has 1 aliphatic carbocycles. The Morgan fingerprint density at radius 3 is 2.95 bits per heavy atom. The van der Waals surface area contributed by atoms with Crippen molar-refractivity contribution in [1.82, 2.24) is 10.3 Å². The predicted octanol–water partition coefficient (Wildman–Crippen LogP) is 0.925. The van der Waals surface area contributed by atoms with Crippen molar-refractivity contribution < 1.29 is 9.90 Å². The van der Waals surface area contributed by atoms with E-state index in [1.165, 1.54) is 10.9 Å². The van der Waals surface area contributed by atoms with Gasteiger partial charge in [-0.2, -0.15) is 0 Å². The number of aromatic nitrogens is 1. The van der Waals surface area contributed by atoms with Crippen molar-refractivity contribution in [2.45, 2.75) is 31.4 Å². The standard InChI is InChI=1S/C16H21N3O2/c17-13-7-11(8-15(13)20)16(21)18-6-5-10-9-19-14-4-2-1-3-12(10)14/h1-4,9,11,13,15,19-20H,5-8,17H2,(H,18,21)/t11-,13+,15+/m0/s1. The Kier molecular flexibility index (Phi) is 3.94. The van der Waals surface area contributed by atoms with Crippen molar-refractivity contribution in [3.63, 3.8) is 0 Å². The summed E-state index contributed by atoms with van der Waals surface area (Å²) >= 11 is 0. The van der Waals surface area contributed by atoms with Gasteiger partial charge in [-0.05, 0) is 30.9 Å². The first-order valence-corrected chi connectivity index (χ1v) is 7.41. The lowest BCUT2D eigenvalue weighted by Crippen LogP contribution is -2.31. The third-order valence-electron chi connectivity index (χ3n) is 4.32.